The van der Waals surface area contributed by atoms with Gasteiger partial charge in [0.15, 0.2) is 11.7 Å². The van der Waals surface area contributed by atoms with Gasteiger partial charge in [-0.3, -0.25) is 4.79 Å². The Bertz CT molecular complexity index is 690. The second-order valence-corrected chi connectivity index (χ2v) is 6.89. The summed E-state index contributed by atoms with van der Waals surface area (Å²) in [5, 5.41) is 8.90. The number of methoxy groups -OCH3 is 1. The lowest BCUT2D eigenvalue weighted by Crippen LogP contribution is -2.43. The first-order valence-corrected chi connectivity index (χ1v) is 12.1. The zero-order valence-corrected chi connectivity index (χ0v) is 24.1. The topological polar surface area (TPSA) is 108 Å². The molecule has 7 heteroatoms. The Labute approximate surface area is 214 Å². The van der Waals surface area contributed by atoms with E-state index in [4.69, 9.17) is 25.1 Å². The lowest BCUT2D eigenvalue weighted by Gasteiger charge is -2.22. The first kappa shape index (κ1) is 39.4. The van der Waals surface area contributed by atoms with E-state index in [1.54, 1.807) is 38.1 Å². The van der Waals surface area contributed by atoms with Crippen LogP contribution in [-0.4, -0.2) is 42.4 Å². The van der Waals surface area contributed by atoms with Crippen LogP contribution in [0.2, 0.25) is 0 Å². The summed E-state index contributed by atoms with van der Waals surface area (Å²) in [6.45, 7) is 21.8. The second-order valence-electron chi connectivity index (χ2n) is 6.89. The second kappa shape index (κ2) is 25.8. The van der Waals surface area contributed by atoms with E-state index in [-0.39, 0.29) is 6.42 Å². The Morgan fingerprint density at radius 3 is 1.74 bits per heavy atom. The molecule has 0 saturated heterocycles. The molecule has 0 radical (unpaired) electrons. The van der Waals surface area contributed by atoms with Crippen molar-refractivity contribution in [1.82, 2.24) is 0 Å². The van der Waals surface area contributed by atoms with Crippen molar-refractivity contribution in [2.75, 3.05) is 13.7 Å². The van der Waals surface area contributed by atoms with Gasteiger partial charge in [-0.25, -0.2) is 4.79 Å². The van der Waals surface area contributed by atoms with Crippen molar-refractivity contribution < 1.29 is 28.9 Å². The van der Waals surface area contributed by atoms with E-state index in [2.05, 4.69) is 0 Å². The first-order chi connectivity index (χ1) is 16.5. The van der Waals surface area contributed by atoms with Gasteiger partial charge in [0.1, 0.15) is 5.75 Å². The predicted molar refractivity (Wildman–Crippen MR) is 147 cm³/mol. The fourth-order valence-electron chi connectivity index (χ4n) is 1.84. The molecule has 7 nitrogen and oxygen atoms in total. The number of aliphatic carboxylic acids is 1. The van der Waals surface area contributed by atoms with Gasteiger partial charge < -0.3 is 25.1 Å². The lowest BCUT2D eigenvalue weighted by atomic mass is 10.1. The van der Waals surface area contributed by atoms with Gasteiger partial charge in [0.2, 0.25) is 0 Å². The van der Waals surface area contributed by atoms with Crippen LogP contribution < -0.4 is 10.5 Å². The Balaban J connectivity index is -0.000000264. The van der Waals surface area contributed by atoms with E-state index in [0.717, 1.165) is 17.9 Å². The summed E-state index contributed by atoms with van der Waals surface area (Å²) < 4.78 is 15.4. The maximum atomic E-state index is 11.2. The van der Waals surface area contributed by atoms with Gasteiger partial charge in [-0.15, -0.1) is 0 Å². The molecular formula is C28H51NO6. The molecular weight excluding hydrogens is 446 g/mol. The molecule has 1 amide bonds. The van der Waals surface area contributed by atoms with Crippen molar-refractivity contribution >= 4 is 11.9 Å². The molecule has 204 valence electrons. The van der Waals surface area contributed by atoms with Gasteiger partial charge >= 0.3 is 5.97 Å². The molecule has 1 aromatic carbocycles. The molecule has 1 aromatic rings. The third-order valence-corrected chi connectivity index (χ3v) is 3.98. The van der Waals surface area contributed by atoms with Crippen LogP contribution >= 0.6 is 0 Å². The van der Waals surface area contributed by atoms with Crippen molar-refractivity contribution in [3.63, 3.8) is 0 Å². The molecule has 0 heterocycles. The Morgan fingerprint density at radius 1 is 1.03 bits per heavy atom. The molecule has 3 N–H and O–H groups in total. The summed E-state index contributed by atoms with van der Waals surface area (Å²) in [6, 6.07) is 6.77. The Hall–Kier alpha value is -2.80. The number of nitrogens with two attached hydrogens (primary N) is 1. The SMILES string of the molecule is C/C=C(\C)OCC.C/C=C\C.CC.CC.COC(Cc1ccc(OC(C)(C)C(N)=O)cc1)C(=O)O. The maximum Gasteiger partial charge on any atom is 0.333 e. The highest BCUT2D eigenvalue weighted by molar-refractivity contribution is 5.82. The summed E-state index contributed by atoms with van der Waals surface area (Å²) in [7, 11) is 1.35. The molecule has 0 fully saturated rings. The summed E-state index contributed by atoms with van der Waals surface area (Å²) >= 11 is 0. The number of carbonyl (C=O) groups excluding carboxylic acids is 1. The third kappa shape index (κ3) is 22.7. The Kier molecular flexibility index (Phi) is 29.1. The molecule has 0 spiro atoms. The Morgan fingerprint density at radius 2 is 1.49 bits per heavy atom. The average Bonchev–Trinajstić information content (AvgIpc) is 2.86. The third-order valence-electron chi connectivity index (χ3n) is 3.98. The van der Waals surface area contributed by atoms with Crippen LogP contribution in [0, 0.1) is 0 Å². The largest absolute Gasteiger partial charge is 0.499 e. The van der Waals surface area contributed by atoms with Crippen molar-refractivity contribution in [2.45, 2.75) is 94.3 Å². The number of hydrogen-bond donors (Lipinski definition) is 2. The highest BCUT2D eigenvalue weighted by Gasteiger charge is 2.27. The zero-order valence-electron chi connectivity index (χ0n) is 24.1. The molecule has 1 unspecified atom stereocenters. The van der Waals surface area contributed by atoms with E-state index >= 15 is 0 Å². The molecule has 0 aliphatic carbocycles. The number of rotatable bonds is 9. The van der Waals surface area contributed by atoms with Gasteiger partial charge in [-0.05, 0) is 66.2 Å². The van der Waals surface area contributed by atoms with Crippen LogP contribution in [0.25, 0.3) is 0 Å². The van der Waals surface area contributed by atoms with Crippen LogP contribution in [0.5, 0.6) is 5.75 Å². The number of carboxylic acids is 1. The van der Waals surface area contributed by atoms with Gasteiger partial charge in [0.25, 0.3) is 5.91 Å². The standard InChI is InChI=1S/C14H19NO5.C6H12O.C4H8.2C2H6/c1-14(2,13(15)18)20-10-6-4-9(5-7-10)8-11(19-3)12(16)17;1-4-6(3)7-5-2;1-3-4-2;2*1-2/h4-7,11H,8H2,1-3H3,(H2,15,18)(H,16,17);4H,5H2,1-3H3;3-4H,1-2H3;2*1-2H3/b;6-4+;4-3-;;. The number of amides is 1. The van der Waals surface area contributed by atoms with Crippen molar-refractivity contribution in [2.24, 2.45) is 5.73 Å². The van der Waals surface area contributed by atoms with E-state index < -0.39 is 23.6 Å². The number of benzene rings is 1. The predicted octanol–water partition coefficient (Wildman–Crippen LogP) is 6.55. The van der Waals surface area contributed by atoms with E-state index in [0.29, 0.717) is 5.75 Å². The average molecular weight is 498 g/mol. The van der Waals surface area contributed by atoms with E-state index in [1.165, 1.54) is 7.11 Å². The van der Waals surface area contributed by atoms with Crippen molar-refractivity contribution in [3.05, 3.63) is 53.8 Å². The van der Waals surface area contributed by atoms with Gasteiger partial charge in [-0.2, -0.15) is 0 Å². The first-order valence-electron chi connectivity index (χ1n) is 12.1. The minimum absolute atomic E-state index is 0.255. The molecule has 35 heavy (non-hydrogen) atoms. The van der Waals surface area contributed by atoms with Gasteiger partial charge in [0, 0.05) is 13.5 Å². The van der Waals surface area contributed by atoms with Crippen LogP contribution in [0.4, 0.5) is 0 Å². The molecule has 0 bridgehead atoms. The minimum Gasteiger partial charge on any atom is -0.499 e. The normalized spacial score (nSPS) is 11.0. The van der Waals surface area contributed by atoms with E-state index in [9.17, 15) is 9.59 Å². The molecule has 0 aliphatic heterocycles. The zero-order chi connectivity index (χ0) is 28.4. The minimum atomic E-state index is -1.10. The quantitative estimate of drug-likeness (QED) is 0.296. The molecule has 1 rings (SSSR count). The highest BCUT2D eigenvalue weighted by atomic mass is 16.5. The van der Waals surface area contributed by atoms with Crippen LogP contribution in [-0.2, 0) is 25.5 Å². The fourth-order valence-corrected chi connectivity index (χ4v) is 1.84. The highest BCUT2D eigenvalue weighted by Crippen LogP contribution is 2.19. The van der Waals surface area contributed by atoms with Crippen molar-refractivity contribution in [1.29, 1.82) is 0 Å². The molecule has 1 atom stereocenters. The van der Waals surface area contributed by atoms with Crippen molar-refractivity contribution in [3.8, 4) is 5.75 Å². The van der Waals surface area contributed by atoms with Gasteiger partial charge in [0.05, 0.1) is 12.4 Å². The number of primary amides is 1. The maximum absolute atomic E-state index is 11.2. The summed E-state index contributed by atoms with van der Waals surface area (Å²) in [5.74, 6) is -0.0843. The number of carboxylic acid groups (broad SMARTS) is 1. The van der Waals surface area contributed by atoms with E-state index in [1.807, 2.05) is 80.5 Å². The molecule has 0 aliphatic rings. The fraction of sp³-hybridized carbons (Fsp3) is 0.571. The summed E-state index contributed by atoms with van der Waals surface area (Å²) in [5.41, 5.74) is 4.91. The monoisotopic (exact) mass is 497 g/mol. The van der Waals surface area contributed by atoms with Crippen LogP contribution in [0.15, 0.2) is 48.3 Å². The number of ether oxygens (including phenoxy) is 3. The number of carbonyl (C=O) groups is 2. The lowest BCUT2D eigenvalue weighted by molar-refractivity contribution is -0.148. The summed E-state index contributed by atoms with van der Waals surface area (Å²) in [4.78, 5) is 22.0. The van der Waals surface area contributed by atoms with Crippen LogP contribution in [0.1, 0.15) is 81.7 Å². The summed E-state index contributed by atoms with van der Waals surface area (Å²) in [6.07, 6.45) is 5.32. The van der Waals surface area contributed by atoms with Crippen LogP contribution in [0.3, 0.4) is 0 Å². The molecule has 0 aromatic heterocycles. The number of hydrogen-bond acceptors (Lipinski definition) is 5. The number of allylic oxidation sites excluding steroid dienone is 4. The van der Waals surface area contributed by atoms with Gasteiger partial charge in [-0.1, -0.05) is 58.1 Å². The molecule has 0 saturated carbocycles. The smallest absolute Gasteiger partial charge is 0.333 e.